The molecule has 0 aliphatic rings. The molecule has 0 saturated carbocycles. The van der Waals surface area contributed by atoms with Crippen LogP contribution in [0.3, 0.4) is 0 Å². The number of rotatable bonds is 6. The van der Waals surface area contributed by atoms with Gasteiger partial charge in [-0.1, -0.05) is 0 Å². The van der Waals surface area contributed by atoms with Gasteiger partial charge in [-0.2, -0.15) is 8.42 Å². The molecular formula is C6H13NO5S. The predicted molar refractivity (Wildman–Crippen MR) is 45.9 cm³/mol. The van der Waals surface area contributed by atoms with Crippen molar-refractivity contribution in [2.75, 3.05) is 25.5 Å². The van der Waals surface area contributed by atoms with Gasteiger partial charge in [-0.25, -0.2) is 0 Å². The zero-order chi connectivity index (χ0) is 10.3. The van der Waals surface area contributed by atoms with Gasteiger partial charge < -0.3 is 10.1 Å². The van der Waals surface area contributed by atoms with E-state index in [1.165, 1.54) is 6.92 Å². The van der Waals surface area contributed by atoms with Crippen LogP contribution in [0.1, 0.15) is 6.92 Å². The maximum atomic E-state index is 10.3. The zero-order valence-corrected chi connectivity index (χ0v) is 8.13. The number of ether oxygens (including phenoxy) is 1. The van der Waals surface area contributed by atoms with Gasteiger partial charge in [-0.15, -0.1) is 0 Å². The van der Waals surface area contributed by atoms with Crippen LogP contribution in [0.4, 0.5) is 0 Å². The van der Waals surface area contributed by atoms with Crippen LogP contribution in [0.2, 0.25) is 0 Å². The topological polar surface area (TPSA) is 92.7 Å². The summed E-state index contributed by atoms with van der Waals surface area (Å²) in [6.45, 7) is 1.87. The average Bonchev–Trinajstić information content (AvgIpc) is 1.93. The fourth-order valence-corrected chi connectivity index (χ4v) is 0.894. The van der Waals surface area contributed by atoms with E-state index in [1.54, 1.807) is 0 Å². The van der Waals surface area contributed by atoms with Gasteiger partial charge in [0.2, 0.25) is 5.91 Å². The summed E-state index contributed by atoms with van der Waals surface area (Å²) >= 11 is 0. The highest BCUT2D eigenvalue weighted by Gasteiger charge is 2.02. The third-order valence-corrected chi connectivity index (χ3v) is 1.79. The van der Waals surface area contributed by atoms with Gasteiger partial charge in [0.25, 0.3) is 10.1 Å². The van der Waals surface area contributed by atoms with Crippen LogP contribution in [0.15, 0.2) is 0 Å². The van der Waals surface area contributed by atoms with Crippen molar-refractivity contribution in [2.24, 2.45) is 0 Å². The highest BCUT2D eigenvalue weighted by molar-refractivity contribution is 7.85. The Morgan fingerprint density at radius 3 is 2.54 bits per heavy atom. The Bertz CT molecular complexity index is 248. The Morgan fingerprint density at radius 1 is 1.46 bits per heavy atom. The third-order valence-electron chi connectivity index (χ3n) is 1.11. The summed E-state index contributed by atoms with van der Waals surface area (Å²) in [7, 11) is -3.94. The molecule has 0 radical (unpaired) electrons. The van der Waals surface area contributed by atoms with Crippen LogP contribution < -0.4 is 5.32 Å². The number of carbonyl (C=O) groups excluding carboxylic acids is 1. The van der Waals surface area contributed by atoms with E-state index in [-0.39, 0.29) is 19.1 Å². The van der Waals surface area contributed by atoms with Crippen LogP contribution in [0, 0.1) is 0 Å². The molecule has 1 amide bonds. The number of hydrogen-bond donors (Lipinski definition) is 2. The second kappa shape index (κ2) is 5.90. The SMILES string of the molecule is CC(=O)NCCOCCS(=O)(=O)O. The van der Waals surface area contributed by atoms with E-state index in [1.807, 2.05) is 0 Å². The molecule has 0 aromatic carbocycles. The molecule has 13 heavy (non-hydrogen) atoms. The van der Waals surface area contributed by atoms with Crippen LogP contribution >= 0.6 is 0 Å². The Balaban J connectivity index is 3.23. The standard InChI is InChI=1S/C6H13NO5S/c1-6(8)7-2-3-12-4-5-13(9,10)11/h2-5H2,1H3,(H,7,8)(H,9,10,11). The van der Waals surface area contributed by atoms with Crippen LogP contribution in [0.25, 0.3) is 0 Å². The van der Waals surface area contributed by atoms with Crippen molar-refractivity contribution >= 4 is 16.0 Å². The Labute approximate surface area is 77.0 Å². The molecule has 0 aromatic rings. The summed E-state index contributed by atoms with van der Waals surface area (Å²) in [4.78, 5) is 10.3. The number of carbonyl (C=O) groups is 1. The fraction of sp³-hybridized carbons (Fsp3) is 0.833. The van der Waals surface area contributed by atoms with Gasteiger partial charge in [0, 0.05) is 13.5 Å². The molecule has 0 rings (SSSR count). The summed E-state index contributed by atoms with van der Waals surface area (Å²) in [6, 6.07) is 0. The van der Waals surface area contributed by atoms with E-state index in [9.17, 15) is 13.2 Å². The Morgan fingerprint density at radius 2 is 2.08 bits per heavy atom. The largest absolute Gasteiger partial charge is 0.378 e. The summed E-state index contributed by atoms with van der Waals surface area (Å²) in [5.41, 5.74) is 0. The minimum atomic E-state index is -3.94. The molecule has 0 aliphatic heterocycles. The zero-order valence-electron chi connectivity index (χ0n) is 7.32. The molecule has 0 unspecified atom stereocenters. The van der Waals surface area contributed by atoms with Gasteiger partial charge >= 0.3 is 0 Å². The van der Waals surface area contributed by atoms with E-state index >= 15 is 0 Å². The van der Waals surface area contributed by atoms with E-state index in [4.69, 9.17) is 9.29 Å². The summed E-state index contributed by atoms with van der Waals surface area (Å²) in [5, 5.41) is 2.47. The highest BCUT2D eigenvalue weighted by Crippen LogP contribution is 1.82. The smallest absolute Gasteiger partial charge is 0.267 e. The first kappa shape index (κ1) is 12.3. The van der Waals surface area contributed by atoms with Gasteiger partial charge in [0.15, 0.2) is 0 Å². The molecule has 0 atom stereocenters. The van der Waals surface area contributed by atoms with Gasteiger partial charge in [0.05, 0.1) is 19.0 Å². The second-order valence-corrected chi connectivity index (χ2v) is 3.95. The van der Waals surface area contributed by atoms with Crippen molar-refractivity contribution in [3.05, 3.63) is 0 Å². The third kappa shape index (κ3) is 11.3. The van der Waals surface area contributed by atoms with Crippen molar-refractivity contribution in [2.45, 2.75) is 6.92 Å². The molecule has 0 aromatic heterocycles. The predicted octanol–water partition coefficient (Wildman–Crippen LogP) is -0.973. The molecule has 0 aliphatic carbocycles. The van der Waals surface area contributed by atoms with Crippen molar-refractivity contribution in [3.8, 4) is 0 Å². The second-order valence-electron chi connectivity index (χ2n) is 2.38. The lowest BCUT2D eigenvalue weighted by molar-refractivity contribution is -0.119. The average molecular weight is 211 g/mol. The highest BCUT2D eigenvalue weighted by atomic mass is 32.2. The quantitative estimate of drug-likeness (QED) is 0.435. The molecule has 0 fully saturated rings. The lowest BCUT2D eigenvalue weighted by atomic mass is 10.6. The maximum Gasteiger partial charge on any atom is 0.267 e. The first-order valence-corrected chi connectivity index (χ1v) is 5.30. The van der Waals surface area contributed by atoms with Crippen molar-refractivity contribution in [1.29, 1.82) is 0 Å². The fourth-order valence-electron chi connectivity index (χ4n) is 0.566. The summed E-state index contributed by atoms with van der Waals surface area (Å²) < 4.78 is 33.4. The van der Waals surface area contributed by atoms with E-state index in [2.05, 4.69) is 5.32 Å². The monoisotopic (exact) mass is 211 g/mol. The molecule has 78 valence electrons. The molecule has 0 saturated heterocycles. The molecule has 0 heterocycles. The molecule has 7 heteroatoms. The summed E-state index contributed by atoms with van der Waals surface area (Å²) in [5.74, 6) is -0.592. The van der Waals surface area contributed by atoms with Gasteiger partial charge in [-0.05, 0) is 0 Å². The Kier molecular flexibility index (Phi) is 5.60. The van der Waals surface area contributed by atoms with Crippen LogP contribution in [-0.2, 0) is 19.6 Å². The summed E-state index contributed by atoms with van der Waals surface area (Å²) in [6.07, 6.45) is 0. The van der Waals surface area contributed by atoms with Crippen molar-refractivity contribution < 1.29 is 22.5 Å². The van der Waals surface area contributed by atoms with Crippen molar-refractivity contribution in [3.63, 3.8) is 0 Å². The lowest BCUT2D eigenvalue weighted by Crippen LogP contribution is -2.25. The van der Waals surface area contributed by atoms with E-state index in [0.29, 0.717) is 6.54 Å². The first-order chi connectivity index (χ1) is 5.92. The molecule has 6 nitrogen and oxygen atoms in total. The van der Waals surface area contributed by atoms with Gasteiger partial charge in [-0.3, -0.25) is 9.35 Å². The van der Waals surface area contributed by atoms with E-state index in [0.717, 1.165) is 0 Å². The number of nitrogens with one attached hydrogen (secondary N) is 1. The first-order valence-electron chi connectivity index (χ1n) is 3.69. The van der Waals surface area contributed by atoms with Gasteiger partial charge in [0.1, 0.15) is 0 Å². The molecule has 0 bridgehead atoms. The van der Waals surface area contributed by atoms with Crippen molar-refractivity contribution in [1.82, 2.24) is 5.32 Å². The number of amides is 1. The van der Waals surface area contributed by atoms with E-state index < -0.39 is 15.9 Å². The van der Waals surface area contributed by atoms with Crippen LogP contribution in [-0.4, -0.2) is 44.4 Å². The molecule has 2 N–H and O–H groups in total. The lowest BCUT2D eigenvalue weighted by Gasteiger charge is -2.02. The number of hydrogen-bond acceptors (Lipinski definition) is 4. The normalized spacial score (nSPS) is 11.2. The maximum absolute atomic E-state index is 10.3. The minimum absolute atomic E-state index is 0.0710. The molecule has 0 spiro atoms. The Hall–Kier alpha value is -0.660. The molecular weight excluding hydrogens is 198 g/mol. The minimum Gasteiger partial charge on any atom is -0.378 e. The van der Waals surface area contributed by atoms with Crippen LogP contribution in [0.5, 0.6) is 0 Å².